The van der Waals surface area contributed by atoms with E-state index >= 15 is 0 Å². The number of guanidine groups is 1. The first-order chi connectivity index (χ1) is 11.1. The van der Waals surface area contributed by atoms with E-state index in [1.54, 1.807) is 0 Å². The van der Waals surface area contributed by atoms with E-state index < -0.39 is 0 Å². The maximum Gasteiger partial charge on any atom is 0.211 e. The first kappa shape index (κ1) is 15.3. The molecule has 0 saturated carbocycles. The van der Waals surface area contributed by atoms with Gasteiger partial charge in [-0.2, -0.15) is 10.2 Å². The van der Waals surface area contributed by atoms with E-state index in [4.69, 9.17) is 16.6 Å². The van der Waals surface area contributed by atoms with E-state index in [1.807, 2.05) is 6.07 Å². The molecule has 1 aromatic heterocycles. The Morgan fingerprint density at radius 3 is 2.74 bits per heavy atom. The lowest BCUT2D eigenvalue weighted by Gasteiger charge is -2.12. The summed E-state index contributed by atoms with van der Waals surface area (Å²) in [5.74, 6) is -0.0151. The second kappa shape index (κ2) is 6.64. The molecule has 1 aromatic carbocycles. The van der Waals surface area contributed by atoms with Crippen LogP contribution < -0.4 is 11.5 Å². The minimum absolute atomic E-state index is 0.0151. The van der Waals surface area contributed by atoms with Crippen molar-refractivity contribution in [3.05, 3.63) is 52.8 Å². The van der Waals surface area contributed by atoms with E-state index in [0.717, 1.165) is 54.9 Å². The molecule has 0 unspecified atom stereocenters. The van der Waals surface area contributed by atoms with Gasteiger partial charge in [0.25, 0.3) is 0 Å². The first-order valence-corrected chi connectivity index (χ1v) is 7.91. The molecule has 0 fully saturated rings. The molecule has 0 atom stereocenters. The van der Waals surface area contributed by atoms with Crippen molar-refractivity contribution in [1.82, 2.24) is 9.78 Å². The van der Waals surface area contributed by atoms with Crippen molar-refractivity contribution in [2.75, 3.05) is 0 Å². The Balaban J connectivity index is 1.85. The zero-order valence-electron chi connectivity index (χ0n) is 13.4. The Morgan fingerprint density at radius 2 is 2.00 bits per heavy atom. The topological polar surface area (TPSA) is 94.6 Å². The number of hydrogen-bond acceptors (Lipinski definition) is 3. The van der Waals surface area contributed by atoms with E-state index in [0.29, 0.717) is 0 Å². The zero-order valence-corrected chi connectivity index (χ0v) is 13.4. The van der Waals surface area contributed by atoms with Crippen molar-refractivity contribution >= 4 is 11.7 Å². The van der Waals surface area contributed by atoms with E-state index in [1.165, 1.54) is 5.56 Å². The van der Waals surface area contributed by atoms with Crippen LogP contribution in [0.3, 0.4) is 0 Å². The minimum Gasteiger partial charge on any atom is -0.369 e. The number of hydrogen-bond donors (Lipinski definition) is 2. The van der Waals surface area contributed by atoms with Gasteiger partial charge in [-0.25, -0.2) is 0 Å². The van der Waals surface area contributed by atoms with Crippen molar-refractivity contribution in [3.63, 3.8) is 0 Å². The molecule has 3 rings (SSSR count). The number of nitrogens with two attached hydrogens (primary N) is 2. The average Bonchev–Trinajstić information content (AvgIpc) is 2.89. The average molecular weight is 310 g/mol. The van der Waals surface area contributed by atoms with E-state index in [2.05, 4.69) is 46.1 Å². The van der Waals surface area contributed by atoms with Crippen LogP contribution in [0.2, 0.25) is 0 Å². The van der Waals surface area contributed by atoms with Gasteiger partial charge in [-0.15, -0.1) is 5.10 Å². The number of aromatic nitrogens is 2. The smallest absolute Gasteiger partial charge is 0.211 e. The monoisotopic (exact) mass is 310 g/mol. The van der Waals surface area contributed by atoms with E-state index in [9.17, 15) is 0 Å². The lowest BCUT2D eigenvalue weighted by molar-refractivity contribution is 0.589. The summed E-state index contributed by atoms with van der Waals surface area (Å²) in [4.78, 5) is 0. The van der Waals surface area contributed by atoms with Crippen molar-refractivity contribution in [1.29, 1.82) is 0 Å². The molecule has 1 aliphatic rings. The van der Waals surface area contributed by atoms with Crippen LogP contribution in [-0.4, -0.2) is 21.5 Å². The van der Waals surface area contributed by atoms with Crippen LogP contribution in [0.4, 0.5) is 0 Å². The molecule has 1 heterocycles. The molecule has 0 radical (unpaired) electrons. The molecule has 6 heteroatoms. The highest BCUT2D eigenvalue weighted by Gasteiger charge is 2.23. The molecule has 1 aliphatic carbocycles. The molecule has 0 aliphatic heterocycles. The highest BCUT2D eigenvalue weighted by atomic mass is 15.3. The maximum atomic E-state index is 5.38. The summed E-state index contributed by atoms with van der Waals surface area (Å²) >= 11 is 0. The van der Waals surface area contributed by atoms with Gasteiger partial charge in [0, 0.05) is 17.8 Å². The summed E-state index contributed by atoms with van der Waals surface area (Å²) in [6, 6.07) is 10.5. The maximum absolute atomic E-state index is 5.38. The van der Waals surface area contributed by atoms with Gasteiger partial charge in [-0.3, -0.25) is 4.68 Å². The van der Waals surface area contributed by atoms with Crippen molar-refractivity contribution in [3.8, 4) is 0 Å². The van der Waals surface area contributed by atoms with Gasteiger partial charge in [-0.05, 0) is 38.2 Å². The normalized spacial score (nSPS) is 15.4. The molecule has 0 spiro atoms. The lowest BCUT2D eigenvalue weighted by Crippen LogP contribution is -2.22. The van der Waals surface area contributed by atoms with Gasteiger partial charge in [-0.1, -0.05) is 30.3 Å². The standard InChI is InChI=1S/C17H22N6/c1-12-16-14(20-21-17(18)19)8-5-9-15(16)22-23(12)11-10-13-6-3-2-4-7-13/h2-4,6-7H,5,8-11H2,1H3,(H4,18,19,21). The fourth-order valence-electron chi connectivity index (χ4n) is 3.02. The molecule has 0 bridgehead atoms. The number of rotatable bonds is 4. The second-order valence-corrected chi connectivity index (χ2v) is 5.79. The third-order valence-electron chi connectivity index (χ3n) is 4.14. The highest BCUT2D eigenvalue weighted by molar-refractivity contribution is 6.03. The molecular formula is C17H22N6. The van der Waals surface area contributed by atoms with Crippen LogP contribution in [0.15, 0.2) is 40.5 Å². The fourth-order valence-corrected chi connectivity index (χ4v) is 3.02. The summed E-state index contributed by atoms with van der Waals surface area (Å²) in [7, 11) is 0. The third kappa shape index (κ3) is 3.41. The molecule has 2 aromatic rings. The number of aryl methyl sites for hydroxylation is 3. The minimum atomic E-state index is -0.0151. The fraction of sp³-hybridized carbons (Fsp3) is 0.353. The van der Waals surface area contributed by atoms with Crippen LogP contribution in [0.25, 0.3) is 0 Å². The highest BCUT2D eigenvalue weighted by Crippen LogP contribution is 2.24. The van der Waals surface area contributed by atoms with Crippen molar-refractivity contribution in [2.45, 2.75) is 39.2 Å². The van der Waals surface area contributed by atoms with Gasteiger partial charge in [0.15, 0.2) is 0 Å². The molecule has 0 amide bonds. The summed E-state index contributed by atoms with van der Waals surface area (Å²) < 4.78 is 2.08. The molecule has 0 saturated heterocycles. The third-order valence-corrected chi connectivity index (χ3v) is 4.14. The first-order valence-electron chi connectivity index (χ1n) is 7.91. The van der Waals surface area contributed by atoms with Crippen LogP contribution in [0, 0.1) is 6.92 Å². The predicted molar refractivity (Wildman–Crippen MR) is 92.4 cm³/mol. The van der Waals surface area contributed by atoms with Crippen LogP contribution >= 0.6 is 0 Å². The van der Waals surface area contributed by atoms with E-state index in [-0.39, 0.29) is 5.96 Å². The molecule has 4 N–H and O–H groups in total. The summed E-state index contributed by atoms with van der Waals surface area (Å²) in [5.41, 5.74) is 16.4. The molecule has 120 valence electrons. The van der Waals surface area contributed by atoms with Crippen molar-refractivity contribution < 1.29 is 0 Å². The number of fused-ring (bicyclic) bond motifs is 1. The van der Waals surface area contributed by atoms with Crippen molar-refractivity contribution in [2.24, 2.45) is 21.7 Å². The molecular weight excluding hydrogens is 288 g/mol. The SMILES string of the molecule is Cc1c2c(nn1CCc1ccccc1)CCCC2=NN=C(N)N. The van der Waals surface area contributed by atoms with Gasteiger partial charge in [0.1, 0.15) is 0 Å². The number of benzene rings is 1. The largest absolute Gasteiger partial charge is 0.369 e. The quantitative estimate of drug-likeness (QED) is 0.511. The van der Waals surface area contributed by atoms with Crippen LogP contribution in [0.5, 0.6) is 0 Å². The summed E-state index contributed by atoms with van der Waals surface area (Å²) in [6.45, 7) is 2.95. The zero-order chi connectivity index (χ0) is 16.2. The summed E-state index contributed by atoms with van der Waals surface area (Å²) in [6.07, 6.45) is 3.86. The Labute approximate surface area is 135 Å². The lowest BCUT2D eigenvalue weighted by atomic mass is 9.94. The Kier molecular flexibility index (Phi) is 4.41. The van der Waals surface area contributed by atoms with Gasteiger partial charge < -0.3 is 11.5 Å². The molecule has 23 heavy (non-hydrogen) atoms. The Morgan fingerprint density at radius 1 is 1.22 bits per heavy atom. The van der Waals surface area contributed by atoms with Crippen LogP contribution in [-0.2, 0) is 19.4 Å². The Hall–Kier alpha value is -2.63. The van der Waals surface area contributed by atoms with Gasteiger partial charge in [0.05, 0.1) is 11.4 Å². The van der Waals surface area contributed by atoms with Crippen LogP contribution in [0.1, 0.15) is 35.4 Å². The second-order valence-electron chi connectivity index (χ2n) is 5.79. The summed E-state index contributed by atoms with van der Waals surface area (Å²) in [5, 5.41) is 12.8. The Bertz CT molecular complexity index is 738. The predicted octanol–water partition coefficient (Wildman–Crippen LogP) is 1.75. The molecule has 6 nitrogen and oxygen atoms in total. The number of nitrogens with zero attached hydrogens (tertiary/aromatic N) is 4. The van der Waals surface area contributed by atoms with Gasteiger partial charge >= 0.3 is 0 Å². The van der Waals surface area contributed by atoms with Gasteiger partial charge in [0.2, 0.25) is 5.96 Å².